The van der Waals surface area contributed by atoms with E-state index in [4.69, 9.17) is 4.74 Å². The van der Waals surface area contributed by atoms with Crippen molar-refractivity contribution in [3.05, 3.63) is 30.2 Å². The van der Waals surface area contributed by atoms with Crippen LogP contribution < -0.4 is 4.90 Å². The Morgan fingerprint density at radius 3 is 2.88 bits per heavy atom. The number of rotatable bonds is 2. The van der Waals surface area contributed by atoms with E-state index in [0.29, 0.717) is 5.82 Å². The minimum absolute atomic E-state index is 0.446. The van der Waals surface area contributed by atoms with Crippen LogP contribution in [0.1, 0.15) is 10.6 Å². The van der Waals surface area contributed by atoms with Gasteiger partial charge >= 0.3 is 0 Å². The summed E-state index contributed by atoms with van der Waals surface area (Å²) in [7, 11) is 0. The molecule has 0 N–H and O–H groups in total. The molecule has 0 saturated carbocycles. The summed E-state index contributed by atoms with van der Waals surface area (Å²) in [5, 5.41) is 0. The SMILES string of the molecule is O=Cc1ncc2cccc(N3CCOCC3)n12. The molecule has 0 aliphatic carbocycles. The zero-order chi connectivity index (χ0) is 11.7. The van der Waals surface area contributed by atoms with E-state index in [-0.39, 0.29) is 0 Å². The predicted molar refractivity (Wildman–Crippen MR) is 63.6 cm³/mol. The molecule has 0 unspecified atom stereocenters. The molecular formula is C12H13N3O2. The van der Waals surface area contributed by atoms with Crippen LogP contribution in [0.25, 0.3) is 5.52 Å². The molecule has 0 bridgehead atoms. The van der Waals surface area contributed by atoms with Crippen LogP contribution in [0.3, 0.4) is 0 Å². The zero-order valence-corrected chi connectivity index (χ0v) is 9.37. The van der Waals surface area contributed by atoms with Crippen molar-refractivity contribution < 1.29 is 9.53 Å². The Morgan fingerprint density at radius 2 is 2.12 bits per heavy atom. The standard InChI is InChI=1S/C12H13N3O2/c16-9-11-13-8-10-2-1-3-12(15(10)11)14-4-6-17-7-5-14/h1-3,8-9H,4-7H2. The Bertz CT molecular complexity index is 544. The van der Waals surface area contributed by atoms with Crippen molar-refractivity contribution in [2.75, 3.05) is 31.2 Å². The van der Waals surface area contributed by atoms with Gasteiger partial charge in [0.05, 0.1) is 24.9 Å². The molecule has 0 amide bonds. The normalized spacial score (nSPS) is 16.4. The molecule has 2 aromatic rings. The number of aromatic nitrogens is 2. The van der Waals surface area contributed by atoms with Crippen molar-refractivity contribution in [1.29, 1.82) is 0 Å². The second-order valence-corrected chi connectivity index (χ2v) is 3.98. The largest absolute Gasteiger partial charge is 0.378 e. The van der Waals surface area contributed by atoms with Gasteiger partial charge in [-0.1, -0.05) is 6.07 Å². The van der Waals surface area contributed by atoms with Gasteiger partial charge in [-0.3, -0.25) is 9.20 Å². The minimum atomic E-state index is 0.446. The molecule has 3 rings (SSSR count). The molecule has 5 nitrogen and oxygen atoms in total. The van der Waals surface area contributed by atoms with Crippen LogP contribution >= 0.6 is 0 Å². The molecule has 5 heteroatoms. The summed E-state index contributed by atoms with van der Waals surface area (Å²) in [6.07, 6.45) is 2.50. The first-order valence-corrected chi connectivity index (χ1v) is 5.64. The summed E-state index contributed by atoms with van der Waals surface area (Å²) in [5.41, 5.74) is 0.941. The number of imidazole rings is 1. The first-order chi connectivity index (χ1) is 8.40. The van der Waals surface area contributed by atoms with Crippen LogP contribution in [0.5, 0.6) is 0 Å². The number of hydrogen-bond acceptors (Lipinski definition) is 4. The van der Waals surface area contributed by atoms with Crippen molar-refractivity contribution in [2.24, 2.45) is 0 Å². The van der Waals surface area contributed by atoms with Gasteiger partial charge in [0.25, 0.3) is 0 Å². The molecule has 88 valence electrons. The van der Waals surface area contributed by atoms with Crippen molar-refractivity contribution in [3.8, 4) is 0 Å². The fourth-order valence-electron chi connectivity index (χ4n) is 2.18. The third-order valence-corrected chi connectivity index (χ3v) is 3.00. The molecule has 2 aromatic heterocycles. The third kappa shape index (κ3) is 1.68. The summed E-state index contributed by atoms with van der Waals surface area (Å²) >= 11 is 0. The maximum absolute atomic E-state index is 11.0. The topological polar surface area (TPSA) is 46.8 Å². The zero-order valence-electron chi connectivity index (χ0n) is 9.37. The average Bonchev–Trinajstić information content (AvgIpc) is 2.82. The lowest BCUT2D eigenvalue weighted by Crippen LogP contribution is -2.37. The van der Waals surface area contributed by atoms with Gasteiger partial charge in [0.15, 0.2) is 12.1 Å². The number of aldehydes is 1. The Labute approximate surface area is 98.6 Å². The number of pyridine rings is 1. The molecular weight excluding hydrogens is 218 g/mol. The highest BCUT2D eigenvalue weighted by Gasteiger charge is 2.15. The highest BCUT2D eigenvalue weighted by molar-refractivity contribution is 5.74. The van der Waals surface area contributed by atoms with Crippen molar-refractivity contribution in [1.82, 2.24) is 9.38 Å². The Kier molecular flexibility index (Phi) is 2.53. The van der Waals surface area contributed by atoms with E-state index in [2.05, 4.69) is 9.88 Å². The van der Waals surface area contributed by atoms with Crippen LogP contribution in [-0.2, 0) is 4.74 Å². The van der Waals surface area contributed by atoms with Gasteiger partial charge < -0.3 is 9.64 Å². The highest BCUT2D eigenvalue weighted by atomic mass is 16.5. The van der Waals surface area contributed by atoms with Crippen LogP contribution in [0, 0.1) is 0 Å². The van der Waals surface area contributed by atoms with Gasteiger partial charge in [-0.05, 0) is 12.1 Å². The number of fused-ring (bicyclic) bond motifs is 1. The molecule has 0 spiro atoms. The van der Waals surface area contributed by atoms with Gasteiger partial charge in [0.1, 0.15) is 5.82 Å². The van der Waals surface area contributed by atoms with E-state index in [1.165, 1.54) is 0 Å². The van der Waals surface area contributed by atoms with Crippen LogP contribution in [0.4, 0.5) is 5.82 Å². The minimum Gasteiger partial charge on any atom is -0.378 e. The summed E-state index contributed by atoms with van der Waals surface area (Å²) < 4.78 is 7.22. The number of carbonyl (C=O) groups excluding carboxylic acids is 1. The Balaban J connectivity index is 2.13. The molecule has 1 aliphatic heterocycles. The first kappa shape index (κ1) is 10.3. The highest BCUT2D eigenvalue weighted by Crippen LogP contribution is 2.19. The van der Waals surface area contributed by atoms with Crippen LogP contribution in [-0.4, -0.2) is 42.0 Å². The molecule has 0 radical (unpaired) electrons. The Hall–Kier alpha value is -1.88. The lowest BCUT2D eigenvalue weighted by Gasteiger charge is -2.29. The number of carbonyl (C=O) groups is 1. The number of anilines is 1. The van der Waals surface area contributed by atoms with E-state index in [1.807, 2.05) is 22.6 Å². The maximum atomic E-state index is 11.0. The van der Waals surface area contributed by atoms with Gasteiger partial charge in [-0.15, -0.1) is 0 Å². The van der Waals surface area contributed by atoms with Crippen molar-refractivity contribution >= 4 is 17.6 Å². The lowest BCUT2D eigenvalue weighted by atomic mass is 10.3. The summed E-state index contributed by atoms with van der Waals surface area (Å²) in [5.74, 6) is 1.45. The molecule has 17 heavy (non-hydrogen) atoms. The smallest absolute Gasteiger partial charge is 0.186 e. The van der Waals surface area contributed by atoms with E-state index in [0.717, 1.165) is 43.9 Å². The van der Waals surface area contributed by atoms with Crippen LogP contribution in [0.15, 0.2) is 24.4 Å². The van der Waals surface area contributed by atoms with Crippen molar-refractivity contribution in [2.45, 2.75) is 0 Å². The van der Waals surface area contributed by atoms with Gasteiger partial charge in [-0.2, -0.15) is 0 Å². The van der Waals surface area contributed by atoms with E-state index in [1.54, 1.807) is 6.20 Å². The second-order valence-electron chi connectivity index (χ2n) is 3.98. The summed E-state index contributed by atoms with van der Waals surface area (Å²) in [4.78, 5) is 17.3. The van der Waals surface area contributed by atoms with Crippen molar-refractivity contribution in [3.63, 3.8) is 0 Å². The van der Waals surface area contributed by atoms with Crippen LogP contribution in [0.2, 0.25) is 0 Å². The molecule has 0 aromatic carbocycles. The predicted octanol–water partition coefficient (Wildman–Crippen LogP) is 0.983. The first-order valence-electron chi connectivity index (χ1n) is 5.64. The van der Waals surface area contributed by atoms with Gasteiger partial charge in [0.2, 0.25) is 0 Å². The van der Waals surface area contributed by atoms with E-state index in [9.17, 15) is 4.79 Å². The fourth-order valence-corrected chi connectivity index (χ4v) is 2.18. The summed E-state index contributed by atoms with van der Waals surface area (Å²) in [6, 6.07) is 5.94. The molecule has 1 aliphatic rings. The fraction of sp³-hybridized carbons (Fsp3) is 0.333. The van der Waals surface area contributed by atoms with Gasteiger partial charge in [0, 0.05) is 13.1 Å². The van der Waals surface area contributed by atoms with E-state index >= 15 is 0 Å². The number of hydrogen-bond donors (Lipinski definition) is 0. The Morgan fingerprint density at radius 1 is 1.29 bits per heavy atom. The molecule has 1 saturated heterocycles. The monoisotopic (exact) mass is 231 g/mol. The molecule has 0 atom stereocenters. The van der Waals surface area contributed by atoms with E-state index < -0.39 is 0 Å². The summed E-state index contributed by atoms with van der Waals surface area (Å²) in [6.45, 7) is 3.13. The van der Waals surface area contributed by atoms with Gasteiger partial charge in [-0.25, -0.2) is 4.98 Å². The maximum Gasteiger partial charge on any atom is 0.186 e. The quantitative estimate of drug-likeness (QED) is 0.723. The molecule has 3 heterocycles. The number of morpholine rings is 1. The number of nitrogens with zero attached hydrogens (tertiary/aromatic N) is 3. The third-order valence-electron chi connectivity index (χ3n) is 3.00. The average molecular weight is 231 g/mol. The molecule has 1 fully saturated rings. The lowest BCUT2D eigenvalue weighted by molar-refractivity contribution is 0.111. The number of ether oxygens (including phenoxy) is 1. The second kappa shape index (κ2) is 4.18.